The lowest BCUT2D eigenvalue weighted by Gasteiger charge is -2.41. The van der Waals surface area contributed by atoms with Gasteiger partial charge < -0.3 is 10.6 Å². The number of nitrogens with two attached hydrogens (primary N) is 1. The lowest BCUT2D eigenvalue weighted by atomic mass is 10.2. The third-order valence-electron chi connectivity index (χ3n) is 2.61. The van der Waals surface area contributed by atoms with Crippen molar-refractivity contribution in [3.05, 3.63) is 12.4 Å². The normalized spacial score (nSPS) is 19.0. The zero-order valence-electron chi connectivity index (χ0n) is 8.31. The van der Waals surface area contributed by atoms with Crippen LogP contribution in [0.5, 0.6) is 0 Å². The first-order valence-electron chi connectivity index (χ1n) is 4.88. The second-order valence-corrected chi connectivity index (χ2v) is 4.71. The third-order valence-corrected chi connectivity index (χ3v) is 3.85. The van der Waals surface area contributed by atoms with Crippen molar-refractivity contribution in [2.75, 3.05) is 23.0 Å². The van der Waals surface area contributed by atoms with Crippen molar-refractivity contribution in [2.24, 2.45) is 5.73 Å². The Labute approximate surface area is 88.2 Å². The topological polar surface area (TPSA) is 57.9 Å². The van der Waals surface area contributed by atoms with Crippen molar-refractivity contribution in [1.82, 2.24) is 10.2 Å². The maximum atomic E-state index is 5.72. The Bertz CT molecular complexity index is 266. The zero-order valence-corrected chi connectivity index (χ0v) is 9.13. The van der Waals surface area contributed by atoms with Gasteiger partial charge in [-0.2, -0.15) is 16.9 Å². The summed E-state index contributed by atoms with van der Waals surface area (Å²) in [6.07, 6.45) is 3.81. The molecule has 1 aromatic rings. The summed E-state index contributed by atoms with van der Waals surface area (Å²) in [5.41, 5.74) is 6.88. The molecule has 0 saturated carbocycles. The van der Waals surface area contributed by atoms with Gasteiger partial charge in [-0.1, -0.05) is 0 Å². The molecule has 0 spiro atoms. The van der Waals surface area contributed by atoms with Crippen LogP contribution >= 0.6 is 11.8 Å². The van der Waals surface area contributed by atoms with Crippen LogP contribution in [0.2, 0.25) is 0 Å². The summed E-state index contributed by atoms with van der Waals surface area (Å²) in [5, 5.41) is 6.84. The van der Waals surface area contributed by atoms with Gasteiger partial charge in [-0.15, -0.1) is 0 Å². The SMILES string of the molecule is CC(CN)N(c1cn[nH]c1)C1CSC1. The summed E-state index contributed by atoms with van der Waals surface area (Å²) in [6, 6.07) is 1.02. The van der Waals surface area contributed by atoms with E-state index in [0.29, 0.717) is 18.6 Å². The average molecular weight is 212 g/mol. The molecule has 0 aliphatic carbocycles. The summed E-state index contributed by atoms with van der Waals surface area (Å²) in [7, 11) is 0. The number of hydrogen-bond donors (Lipinski definition) is 2. The average Bonchev–Trinajstić information content (AvgIpc) is 2.62. The fourth-order valence-electron chi connectivity index (χ4n) is 1.71. The highest BCUT2D eigenvalue weighted by molar-refractivity contribution is 8.00. The van der Waals surface area contributed by atoms with Crippen molar-refractivity contribution < 1.29 is 0 Å². The van der Waals surface area contributed by atoms with Gasteiger partial charge in [0.25, 0.3) is 0 Å². The Kier molecular flexibility index (Phi) is 2.98. The fraction of sp³-hybridized carbons (Fsp3) is 0.667. The van der Waals surface area contributed by atoms with E-state index in [1.165, 1.54) is 11.5 Å². The van der Waals surface area contributed by atoms with Gasteiger partial charge in [0.1, 0.15) is 0 Å². The van der Waals surface area contributed by atoms with Crippen LogP contribution in [0.3, 0.4) is 0 Å². The molecule has 5 heteroatoms. The molecule has 1 aliphatic rings. The molecule has 1 atom stereocenters. The van der Waals surface area contributed by atoms with E-state index in [1.807, 2.05) is 24.2 Å². The standard InChI is InChI=1S/C9H16N4S/c1-7(2-10)13(9-5-14-6-9)8-3-11-12-4-8/h3-4,7,9H,2,5-6,10H2,1H3,(H,11,12). The predicted octanol–water partition coefficient (Wildman–Crippen LogP) is 0.679. The molecular formula is C9H16N4S. The monoisotopic (exact) mass is 212 g/mol. The number of rotatable bonds is 4. The fourth-order valence-corrected chi connectivity index (χ4v) is 2.48. The van der Waals surface area contributed by atoms with E-state index in [2.05, 4.69) is 22.0 Å². The summed E-state index contributed by atoms with van der Waals surface area (Å²) in [4.78, 5) is 2.38. The molecule has 3 N–H and O–H groups in total. The van der Waals surface area contributed by atoms with Crippen LogP contribution in [-0.4, -0.2) is 40.3 Å². The third kappa shape index (κ3) is 1.74. The summed E-state index contributed by atoms with van der Waals surface area (Å²) < 4.78 is 0. The van der Waals surface area contributed by atoms with Crippen molar-refractivity contribution in [2.45, 2.75) is 19.0 Å². The minimum atomic E-state index is 0.387. The first-order valence-corrected chi connectivity index (χ1v) is 6.03. The molecular weight excluding hydrogens is 196 g/mol. The molecule has 1 fully saturated rings. The molecule has 4 nitrogen and oxygen atoms in total. The van der Waals surface area contributed by atoms with Gasteiger partial charge in [-0.25, -0.2) is 0 Å². The maximum Gasteiger partial charge on any atom is 0.0755 e. The van der Waals surface area contributed by atoms with Crippen molar-refractivity contribution >= 4 is 17.4 Å². The van der Waals surface area contributed by atoms with E-state index >= 15 is 0 Å². The molecule has 1 aromatic heterocycles. The minimum Gasteiger partial charge on any atom is -0.360 e. The van der Waals surface area contributed by atoms with E-state index in [4.69, 9.17) is 5.73 Å². The Hall–Kier alpha value is -0.680. The number of nitrogens with one attached hydrogen (secondary N) is 1. The Morgan fingerprint density at radius 3 is 3.00 bits per heavy atom. The highest BCUT2D eigenvalue weighted by Gasteiger charge is 2.29. The van der Waals surface area contributed by atoms with Crippen LogP contribution in [0.1, 0.15) is 6.92 Å². The van der Waals surface area contributed by atoms with Gasteiger partial charge in [-0.05, 0) is 6.92 Å². The predicted molar refractivity (Wildman–Crippen MR) is 60.7 cm³/mol. The van der Waals surface area contributed by atoms with Gasteiger partial charge in [0.15, 0.2) is 0 Å². The number of anilines is 1. The summed E-state index contributed by atoms with van der Waals surface area (Å²) in [5.74, 6) is 2.41. The van der Waals surface area contributed by atoms with Gasteiger partial charge in [0.05, 0.1) is 11.9 Å². The molecule has 14 heavy (non-hydrogen) atoms. The van der Waals surface area contributed by atoms with E-state index in [-0.39, 0.29) is 0 Å². The molecule has 1 aliphatic heterocycles. The lowest BCUT2D eigenvalue weighted by Crippen LogP contribution is -2.51. The number of thioether (sulfide) groups is 1. The quantitative estimate of drug-likeness (QED) is 0.770. The van der Waals surface area contributed by atoms with Gasteiger partial charge in [0.2, 0.25) is 0 Å². The van der Waals surface area contributed by atoms with Crippen LogP contribution in [0.15, 0.2) is 12.4 Å². The molecule has 78 valence electrons. The van der Waals surface area contributed by atoms with Crippen LogP contribution < -0.4 is 10.6 Å². The van der Waals surface area contributed by atoms with Gasteiger partial charge in [0, 0.05) is 36.3 Å². The smallest absolute Gasteiger partial charge is 0.0755 e. The number of nitrogens with zero attached hydrogens (tertiary/aromatic N) is 2. The van der Waals surface area contributed by atoms with Crippen LogP contribution in [0.25, 0.3) is 0 Å². The van der Waals surface area contributed by atoms with Gasteiger partial charge >= 0.3 is 0 Å². The van der Waals surface area contributed by atoms with Crippen LogP contribution in [0, 0.1) is 0 Å². The number of H-pyrrole nitrogens is 1. The van der Waals surface area contributed by atoms with Crippen molar-refractivity contribution in [1.29, 1.82) is 0 Å². The Morgan fingerprint density at radius 1 is 1.79 bits per heavy atom. The lowest BCUT2D eigenvalue weighted by molar-refractivity contribution is 0.577. The molecule has 0 aromatic carbocycles. The second-order valence-electron chi connectivity index (χ2n) is 3.64. The number of hydrogen-bond acceptors (Lipinski definition) is 4. The summed E-state index contributed by atoms with van der Waals surface area (Å²) in [6.45, 7) is 2.85. The van der Waals surface area contributed by atoms with E-state index in [1.54, 1.807) is 0 Å². The zero-order chi connectivity index (χ0) is 9.97. The Balaban J connectivity index is 2.13. The molecule has 0 bridgehead atoms. The highest BCUT2D eigenvalue weighted by atomic mass is 32.2. The van der Waals surface area contributed by atoms with Gasteiger partial charge in [-0.3, -0.25) is 5.10 Å². The molecule has 0 amide bonds. The van der Waals surface area contributed by atoms with E-state index in [0.717, 1.165) is 5.69 Å². The molecule has 2 rings (SSSR count). The van der Waals surface area contributed by atoms with E-state index < -0.39 is 0 Å². The van der Waals surface area contributed by atoms with Crippen molar-refractivity contribution in [3.63, 3.8) is 0 Å². The van der Waals surface area contributed by atoms with E-state index in [9.17, 15) is 0 Å². The second kappa shape index (κ2) is 4.23. The number of aromatic nitrogens is 2. The number of aromatic amines is 1. The Morgan fingerprint density at radius 2 is 2.57 bits per heavy atom. The highest BCUT2D eigenvalue weighted by Crippen LogP contribution is 2.28. The molecule has 2 heterocycles. The molecule has 1 saturated heterocycles. The van der Waals surface area contributed by atoms with Crippen LogP contribution in [0.4, 0.5) is 5.69 Å². The maximum absolute atomic E-state index is 5.72. The largest absolute Gasteiger partial charge is 0.360 e. The molecule has 1 unspecified atom stereocenters. The molecule has 0 radical (unpaired) electrons. The summed E-state index contributed by atoms with van der Waals surface area (Å²) >= 11 is 1.99. The first-order chi connectivity index (χ1) is 6.83. The van der Waals surface area contributed by atoms with Crippen LogP contribution in [-0.2, 0) is 0 Å². The first kappa shape index (κ1) is 9.86. The minimum absolute atomic E-state index is 0.387. The van der Waals surface area contributed by atoms with Crippen molar-refractivity contribution in [3.8, 4) is 0 Å².